The highest BCUT2D eigenvalue weighted by atomic mass is 16.5. The quantitative estimate of drug-likeness (QED) is 0.754. The fraction of sp³-hybridized carbons (Fsp3) is 0.667. The monoisotopic (exact) mass is 252 g/mol. The van der Waals surface area contributed by atoms with Gasteiger partial charge in [0.15, 0.2) is 12.4 Å². The Balaban J connectivity index is 1.63. The highest BCUT2D eigenvalue weighted by molar-refractivity contribution is 5.90. The molecule has 4 heterocycles. The van der Waals surface area contributed by atoms with E-state index in [1.54, 1.807) is 6.07 Å². The molecular weight excluding hydrogens is 234 g/mol. The highest BCUT2D eigenvalue weighted by Gasteiger charge is 2.46. The Labute approximate surface area is 105 Å². The average molecular weight is 252 g/mol. The van der Waals surface area contributed by atoms with Crippen molar-refractivity contribution in [2.24, 2.45) is 5.92 Å². The van der Waals surface area contributed by atoms with Crippen molar-refractivity contribution in [3.63, 3.8) is 0 Å². The summed E-state index contributed by atoms with van der Waals surface area (Å²) in [5, 5.41) is 16.3. The van der Waals surface area contributed by atoms with Crippen LogP contribution in [0.2, 0.25) is 0 Å². The number of aliphatic hydroxyl groups is 1. The predicted octanol–water partition coefficient (Wildman–Crippen LogP) is 0.214. The zero-order valence-electron chi connectivity index (χ0n) is 10.2. The molecule has 98 valence electrons. The van der Waals surface area contributed by atoms with E-state index in [2.05, 4.69) is 15.0 Å². The van der Waals surface area contributed by atoms with E-state index in [0.717, 1.165) is 25.9 Å². The third-order valence-corrected chi connectivity index (χ3v) is 4.25. The highest BCUT2D eigenvalue weighted by Crippen LogP contribution is 2.33. The Kier molecular flexibility index (Phi) is 2.83. The summed E-state index contributed by atoms with van der Waals surface area (Å²) in [6.45, 7) is 3.11. The van der Waals surface area contributed by atoms with Gasteiger partial charge in [-0.15, -0.1) is 0 Å². The number of carbonyl (C=O) groups is 1. The lowest BCUT2D eigenvalue weighted by molar-refractivity contribution is -0.939. The number of hydrogen-bond acceptors (Lipinski definition) is 4. The third kappa shape index (κ3) is 2.13. The van der Waals surface area contributed by atoms with Crippen LogP contribution in [0.5, 0.6) is 0 Å². The topological polar surface area (TPSA) is 75.4 Å². The van der Waals surface area contributed by atoms with Gasteiger partial charge < -0.3 is 19.4 Å². The predicted molar refractivity (Wildman–Crippen MR) is 63.6 cm³/mol. The second-order valence-electron chi connectivity index (χ2n) is 5.47. The van der Waals surface area contributed by atoms with E-state index in [1.807, 2.05) is 0 Å². The van der Waals surface area contributed by atoms with Crippen LogP contribution in [-0.2, 0) is 4.79 Å². The van der Waals surface area contributed by atoms with Gasteiger partial charge in [0.05, 0.1) is 13.1 Å². The number of rotatable bonds is 3. The molecule has 0 saturated carbocycles. The number of piperidine rings is 3. The minimum Gasteiger partial charge on any atom is -0.387 e. The molecule has 3 aliphatic heterocycles. The first-order valence-corrected chi connectivity index (χ1v) is 6.40. The van der Waals surface area contributed by atoms with Crippen molar-refractivity contribution in [3.05, 3.63) is 12.3 Å². The second-order valence-corrected chi connectivity index (χ2v) is 5.47. The third-order valence-electron chi connectivity index (χ3n) is 4.25. The maximum Gasteiger partial charge on any atom is 0.280 e. The van der Waals surface area contributed by atoms with Gasteiger partial charge in [0.1, 0.15) is 18.9 Å². The van der Waals surface area contributed by atoms with E-state index in [0.29, 0.717) is 29.3 Å². The summed E-state index contributed by atoms with van der Waals surface area (Å²) in [7, 11) is 0. The van der Waals surface area contributed by atoms with Gasteiger partial charge in [-0.2, -0.15) is 0 Å². The van der Waals surface area contributed by atoms with Gasteiger partial charge in [0.25, 0.3) is 5.91 Å². The molecule has 0 aliphatic carbocycles. The van der Waals surface area contributed by atoms with E-state index in [1.165, 1.54) is 6.26 Å². The van der Waals surface area contributed by atoms with Crippen LogP contribution in [0.3, 0.4) is 0 Å². The van der Waals surface area contributed by atoms with Crippen molar-refractivity contribution in [2.45, 2.75) is 18.9 Å². The van der Waals surface area contributed by atoms with Crippen molar-refractivity contribution in [1.82, 2.24) is 5.16 Å². The van der Waals surface area contributed by atoms with Crippen LogP contribution in [0.15, 0.2) is 16.9 Å². The normalized spacial score (nSPS) is 34.5. The minimum atomic E-state index is -0.243. The molecule has 6 heteroatoms. The summed E-state index contributed by atoms with van der Waals surface area (Å²) in [5.74, 6) is 0.839. The van der Waals surface area contributed by atoms with Crippen LogP contribution in [0.4, 0.5) is 5.82 Å². The first-order valence-electron chi connectivity index (χ1n) is 6.40. The van der Waals surface area contributed by atoms with E-state index in [-0.39, 0.29) is 12.0 Å². The molecule has 3 aliphatic rings. The summed E-state index contributed by atoms with van der Waals surface area (Å²) < 4.78 is 5.38. The molecule has 2 bridgehead atoms. The molecule has 0 aromatic carbocycles. The van der Waals surface area contributed by atoms with Crippen LogP contribution in [-0.4, -0.2) is 52.9 Å². The lowest BCUT2D eigenvalue weighted by Crippen LogP contribution is -2.65. The number of aromatic nitrogens is 1. The lowest BCUT2D eigenvalue weighted by atomic mass is 9.83. The molecule has 0 radical (unpaired) electrons. The first-order chi connectivity index (χ1) is 8.67. The number of anilines is 1. The van der Waals surface area contributed by atoms with Gasteiger partial charge in [-0.05, 0) is 0 Å². The molecule has 1 amide bonds. The summed E-state index contributed by atoms with van der Waals surface area (Å²) in [6, 6.07) is 1.62. The number of carbonyl (C=O) groups excluding carboxylic acids is 1. The molecule has 1 atom stereocenters. The summed E-state index contributed by atoms with van der Waals surface area (Å²) in [5.41, 5.74) is 0. The molecule has 0 spiro atoms. The van der Waals surface area contributed by atoms with Crippen molar-refractivity contribution in [3.8, 4) is 0 Å². The summed E-state index contributed by atoms with van der Waals surface area (Å²) in [4.78, 5) is 12.0. The zero-order chi connectivity index (χ0) is 12.6. The lowest BCUT2D eigenvalue weighted by Gasteiger charge is -2.50. The Bertz CT molecular complexity index is 424. The number of amides is 1. The molecule has 4 rings (SSSR count). The smallest absolute Gasteiger partial charge is 0.280 e. The largest absolute Gasteiger partial charge is 0.387 e. The Morgan fingerprint density at radius 2 is 2.33 bits per heavy atom. The Morgan fingerprint density at radius 1 is 1.56 bits per heavy atom. The number of nitrogens with zero attached hydrogens (tertiary/aromatic N) is 2. The van der Waals surface area contributed by atoms with Gasteiger partial charge in [0, 0.05) is 24.8 Å². The van der Waals surface area contributed by atoms with Gasteiger partial charge in [-0.3, -0.25) is 4.79 Å². The molecule has 2 N–H and O–H groups in total. The maximum atomic E-state index is 12.0. The SMILES string of the molecule is O=C(C[N+]12CCC(CC1)[C@@H](O)C2)Nc1ccon1. The molecule has 1 aromatic rings. The fourth-order valence-electron chi connectivity index (χ4n) is 3.24. The van der Waals surface area contributed by atoms with E-state index >= 15 is 0 Å². The molecule has 6 nitrogen and oxygen atoms in total. The van der Waals surface area contributed by atoms with Gasteiger partial charge >= 0.3 is 0 Å². The fourth-order valence-corrected chi connectivity index (χ4v) is 3.24. The van der Waals surface area contributed by atoms with Gasteiger partial charge in [-0.25, -0.2) is 0 Å². The van der Waals surface area contributed by atoms with Crippen LogP contribution in [0, 0.1) is 5.92 Å². The number of nitrogens with one attached hydrogen (secondary N) is 1. The van der Waals surface area contributed by atoms with Crippen LogP contribution in [0.1, 0.15) is 12.8 Å². The van der Waals surface area contributed by atoms with Crippen LogP contribution < -0.4 is 5.32 Å². The second kappa shape index (κ2) is 4.37. The van der Waals surface area contributed by atoms with Gasteiger partial charge in [0.2, 0.25) is 0 Å². The first kappa shape index (κ1) is 11.7. The molecule has 18 heavy (non-hydrogen) atoms. The average Bonchev–Trinajstić information content (AvgIpc) is 2.82. The van der Waals surface area contributed by atoms with E-state index in [9.17, 15) is 9.90 Å². The van der Waals surface area contributed by atoms with Crippen LogP contribution >= 0.6 is 0 Å². The molecular formula is C12H18N3O3+. The summed E-state index contributed by atoms with van der Waals surface area (Å²) >= 11 is 0. The number of fused-ring (bicyclic) bond motifs is 3. The van der Waals surface area contributed by atoms with Crippen LogP contribution in [0.25, 0.3) is 0 Å². The van der Waals surface area contributed by atoms with Crippen molar-refractivity contribution in [2.75, 3.05) is 31.5 Å². The molecule has 0 unspecified atom stereocenters. The van der Waals surface area contributed by atoms with Crippen molar-refractivity contribution in [1.29, 1.82) is 0 Å². The molecule has 1 aromatic heterocycles. The maximum absolute atomic E-state index is 12.0. The number of aliphatic hydroxyl groups excluding tert-OH is 1. The zero-order valence-corrected chi connectivity index (χ0v) is 10.2. The van der Waals surface area contributed by atoms with E-state index in [4.69, 9.17) is 0 Å². The Morgan fingerprint density at radius 3 is 2.94 bits per heavy atom. The number of hydrogen-bond donors (Lipinski definition) is 2. The Hall–Kier alpha value is -1.40. The molecule has 3 saturated heterocycles. The van der Waals surface area contributed by atoms with E-state index < -0.39 is 0 Å². The summed E-state index contributed by atoms with van der Waals surface area (Å²) in [6.07, 6.45) is 3.24. The van der Waals surface area contributed by atoms with Crippen molar-refractivity contribution < 1.29 is 18.9 Å². The van der Waals surface area contributed by atoms with Crippen molar-refractivity contribution >= 4 is 11.7 Å². The standard InChI is InChI=1S/C12H17N3O3/c16-10-7-15(4-1-9(10)2-5-15)8-12(17)13-11-3-6-18-14-11/h3,6,9-10,16H,1-2,4-5,7-8H2/p+1/t9?,10-,15?/m0/s1. The van der Waals surface area contributed by atoms with Gasteiger partial charge in [-0.1, -0.05) is 5.16 Å². The minimum absolute atomic E-state index is 0.0588. The molecule has 3 fully saturated rings. The number of quaternary nitrogens is 1.